The van der Waals surface area contributed by atoms with Crippen molar-refractivity contribution in [3.05, 3.63) is 101 Å². The first-order chi connectivity index (χ1) is 30.7. The van der Waals surface area contributed by atoms with Crippen molar-refractivity contribution in [3.63, 3.8) is 0 Å². The number of carbonyl (C=O) groups is 5. The molecule has 3 fully saturated rings. The minimum absolute atomic E-state index is 0.0155. The smallest absolute Gasteiger partial charge is 0.325 e. The number of ketones is 1. The van der Waals surface area contributed by atoms with E-state index in [0.717, 1.165) is 29.6 Å². The first-order valence-corrected chi connectivity index (χ1v) is 23.7. The molecule has 1 heterocycles. The van der Waals surface area contributed by atoms with Crippen LogP contribution in [0.2, 0.25) is 0 Å². The molecule has 6 N–H and O–H groups in total. The SMILES string of the molecule is C=C=C1C(C)(C)CC(C)C[C@@]1(C)O.CC.C\C=C/C=C/C(C)=C/C=C/C=C(C)/C=C/C=C(\C)C(=O)CC12OC1(C)CC(OC(=O)CNC(=O)C(CS)NC(=O)CCC(N)C(=O)O)CC2(C)C. The lowest BCUT2D eigenvalue weighted by molar-refractivity contribution is -0.153. The molecule has 2 aliphatic carbocycles. The lowest BCUT2D eigenvalue weighted by atomic mass is 9.61. The summed E-state index contributed by atoms with van der Waals surface area (Å²) in [5.74, 6) is -2.56. The van der Waals surface area contributed by atoms with Crippen molar-refractivity contribution in [1.82, 2.24) is 10.6 Å². The standard InChI is InChI=1S/C39H55N3O8S.C12H20O.C2H6/c1-8-9-10-14-26(2)15-11-12-16-27(3)17-13-18-28(4)32(43)23-39-37(5,6)21-29(22-38(39,7)50-39)49-34(45)24-41-35(46)31(25-51)42-33(44)20-19-30(40)36(47)48;1-6-10-11(3,4)7-9(2)8-12(10,5)13;1-2/h8-18,29-31,51H,19-25,40H2,1-7H3,(H,41,46)(H,42,44)(H,47,48);9,13H,1,7-8H2,2-5H3;1-2H3/b9-8-,12-11+,14-10+,17-13+,26-15+,27-16+,28-18+;;/t;9?,12-;/m.1./s1. The average Bonchev–Trinajstić information content (AvgIpc) is 3.84. The number of hydrogen-bond acceptors (Lipinski definition) is 10. The Morgan fingerprint density at radius 2 is 1.52 bits per heavy atom. The summed E-state index contributed by atoms with van der Waals surface area (Å²) in [5, 5.41) is 24.0. The molecule has 1 aliphatic heterocycles. The number of ether oxygens (including phenoxy) is 2. The molecule has 13 heteroatoms. The van der Waals surface area contributed by atoms with Crippen molar-refractivity contribution in [1.29, 1.82) is 0 Å². The van der Waals surface area contributed by atoms with Crippen LogP contribution in [-0.2, 0) is 33.4 Å². The lowest BCUT2D eigenvalue weighted by Crippen LogP contribution is -2.51. The Hall–Kier alpha value is -4.52. The van der Waals surface area contributed by atoms with E-state index in [2.05, 4.69) is 56.3 Å². The number of aliphatic carboxylic acids is 1. The van der Waals surface area contributed by atoms with Crippen molar-refractivity contribution in [2.24, 2.45) is 22.5 Å². The molecule has 0 radical (unpaired) electrons. The molecule has 6 unspecified atom stereocenters. The van der Waals surface area contributed by atoms with Crippen LogP contribution in [0.25, 0.3) is 0 Å². The summed E-state index contributed by atoms with van der Waals surface area (Å²) in [5.41, 5.74) is 9.58. The van der Waals surface area contributed by atoms with E-state index >= 15 is 0 Å². The number of carboxylic acid groups (broad SMARTS) is 1. The van der Waals surface area contributed by atoms with Gasteiger partial charge in [-0.1, -0.05) is 133 Å². The van der Waals surface area contributed by atoms with E-state index in [-0.39, 0.29) is 36.2 Å². The quantitative estimate of drug-likeness (QED) is 0.0182. The van der Waals surface area contributed by atoms with Gasteiger partial charge in [0.05, 0.1) is 11.2 Å². The normalized spacial score (nSPS) is 26.8. The third kappa shape index (κ3) is 17.9. The van der Waals surface area contributed by atoms with E-state index in [4.69, 9.17) is 20.3 Å². The van der Waals surface area contributed by atoms with E-state index in [1.54, 1.807) is 6.92 Å². The summed E-state index contributed by atoms with van der Waals surface area (Å²) in [7, 11) is 0. The van der Waals surface area contributed by atoms with Gasteiger partial charge in [0, 0.05) is 36.0 Å². The molecule has 2 amide bonds. The number of aliphatic hydroxyl groups is 1. The third-order valence-electron chi connectivity index (χ3n) is 12.2. The number of rotatable bonds is 19. The number of Topliss-reactive ketones (excluding diaryl/α,β-unsaturated/α-hetero) is 1. The number of carbonyl (C=O) groups excluding carboxylic acids is 4. The number of hydrogen-bond donors (Lipinski definition) is 6. The van der Waals surface area contributed by atoms with Gasteiger partial charge >= 0.3 is 11.9 Å². The Labute approximate surface area is 401 Å². The van der Waals surface area contributed by atoms with E-state index in [9.17, 15) is 29.1 Å². The maximum atomic E-state index is 13.4. The van der Waals surface area contributed by atoms with E-state index in [1.807, 2.05) is 129 Å². The Morgan fingerprint density at radius 1 is 0.924 bits per heavy atom. The summed E-state index contributed by atoms with van der Waals surface area (Å²) in [4.78, 5) is 61.7. The minimum atomic E-state index is -1.23. The fraction of sp³-hybridized carbons (Fsp3) is 0.585. The van der Waals surface area contributed by atoms with E-state index < -0.39 is 70.7 Å². The number of fused-ring (bicyclic) bond motifs is 1. The molecule has 1 saturated heterocycles. The van der Waals surface area contributed by atoms with Gasteiger partial charge in [0.2, 0.25) is 11.8 Å². The zero-order valence-electron chi connectivity index (χ0n) is 42.0. The molecule has 0 aromatic rings. The molecule has 0 bridgehead atoms. The predicted molar refractivity (Wildman–Crippen MR) is 269 cm³/mol. The second-order valence-electron chi connectivity index (χ2n) is 19.2. The zero-order valence-corrected chi connectivity index (χ0v) is 42.9. The fourth-order valence-electron chi connectivity index (χ4n) is 9.22. The molecule has 368 valence electrons. The summed E-state index contributed by atoms with van der Waals surface area (Å²) < 4.78 is 12.1. The third-order valence-corrected chi connectivity index (χ3v) is 12.6. The minimum Gasteiger partial charge on any atom is -0.480 e. The number of nitrogens with two attached hydrogens (primary N) is 1. The van der Waals surface area contributed by atoms with Crippen LogP contribution in [-0.4, -0.2) is 87.0 Å². The Kier molecular flexibility index (Phi) is 24.1. The predicted octanol–water partition coefficient (Wildman–Crippen LogP) is 8.94. The lowest BCUT2D eigenvalue weighted by Gasteiger charge is -2.44. The van der Waals surface area contributed by atoms with Gasteiger partial charge in [-0.15, -0.1) is 5.73 Å². The Balaban J connectivity index is 0.00000123. The molecule has 66 heavy (non-hydrogen) atoms. The average molecular weight is 936 g/mol. The van der Waals surface area contributed by atoms with E-state index in [1.165, 1.54) is 0 Å². The molecular weight excluding hydrogens is 855 g/mol. The number of thiol groups is 1. The van der Waals surface area contributed by atoms with Crippen LogP contribution in [0.3, 0.4) is 0 Å². The highest BCUT2D eigenvalue weighted by Gasteiger charge is 2.76. The van der Waals surface area contributed by atoms with Crippen LogP contribution in [0.15, 0.2) is 101 Å². The summed E-state index contributed by atoms with van der Waals surface area (Å²) in [6.07, 6.45) is 23.8. The summed E-state index contributed by atoms with van der Waals surface area (Å²) in [6.45, 7) is 29.4. The highest BCUT2D eigenvalue weighted by molar-refractivity contribution is 7.80. The molecule has 2 saturated carbocycles. The van der Waals surface area contributed by atoms with Crippen LogP contribution in [0.5, 0.6) is 0 Å². The first kappa shape index (κ1) is 59.5. The number of esters is 1. The van der Waals surface area contributed by atoms with Crippen molar-refractivity contribution in [2.45, 2.75) is 170 Å². The number of amides is 2. The van der Waals surface area contributed by atoms with Crippen molar-refractivity contribution in [2.75, 3.05) is 12.3 Å². The Bertz CT molecular complexity index is 1960. The first-order valence-electron chi connectivity index (χ1n) is 23.1. The van der Waals surface area contributed by atoms with E-state index in [0.29, 0.717) is 24.3 Å². The second kappa shape index (κ2) is 26.7. The molecule has 12 nitrogen and oxygen atoms in total. The second-order valence-corrected chi connectivity index (χ2v) is 19.6. The van der Waals surface area contributed by atoms with Crippen LogP contribution < -0.4 is 16.4 Å². The molecular formula is C53H81N3O9S. The van der Waals surface area contributed by atoms with Gasteiger partial charge in [-0.25, -0.2) is 0 Å². The molecule has 0 spiro atoms. The number of allylic oxidation sites excluding steroid dienone is 14. The molecule has 0 aromatic heterocycles. The van der Waals surface area contributed by atoms with Crippen molar-refractivity contribution in [3.8, 4) is 0 Å². The number of epoxide rings is 1. The zero-order chi connectivity index (χ0) is 50.7. The maximum absolute atomic E-state index is 13.4. The summed E-state index contributed by atoms with van der Waals surface area (Å²) >= 11 is 4.10. The van der Waals surface area contributed by atoms with Gasteiger partial charge in [-0.05, 0) is 84.1 Å². The highest BCUT2D eigenvalue weighted by Crippen LogP contribution is 2.67. The molecule has 0 aromatic carbocycles. The van der Waals surface area contributed by atoms with Crippen LogP contribution in [0.1, 0.15) is 135 Å². The van der Waals surface area contributed by atoms with Crippen LogP contribution in [0.4, 0.5) is 0 Å². The number of nitrogens with one attached hydrogen (secondary N) is 2. The maximum Gasteiger partial charge on any atom is 0.325 e. The van der Waals surface area contributed by atoms with Crippen molar-refractivity contribution < 1.29 is 43.7 Å². The Morgan fingerprint density at radius 3 is 2.03 bits per heavy atom. The van der Waals surface area contributed by atoms with Crippen molar-refractivity contribution >= 4 is 42.2 Å². The summed E-state index contributed by atoms with van der Waals surface area (Å²) in [6, 6.07) is -2.23. The fourth-order valence-corrected chi connectivity index (χ4v) is 9.48. The topological polar surface area (TPSA) is 198 Å². The molecule has 3 aliphatic rings. The molecule has 3 rings (SSSR count). The van der Waals surface area contributed by atoms with Gasteiger partial charge in [0.1, 0.15) is 30.3 Å². The molecule has 7 atom stereocenters. The highest BCUT2D eigenvalue weighted by atomic mass is 32.1. The van der Waals surface area contributed by atoms with Crippen LogP contribution >= 0.6 is 12.6 Å². The van der Waals surface area contributed by atoms with Gasteiger partial charge in [-0.2, -0.15) is 12.6 Å². The van der Waals surface area contributed by atoms with Gasteiger partial charge in [0.15, 0.2) is 5.78 Å². The van der Waals surface area contributed by atoms with Gasteiger partial charge in [-0.3, -0.25) is 24.0 Å². The number of carboxylic acids is 1. The van der Waals surface area contributed by atoms with Gasteiger partial charge < -0.3 is 36.1 Å². The van der Waals surface area contributed by atoms with Crippen LogP contribution in [0, 0.1) is 16.7 Å². The monoisotopic (exact) mass is 936 g/mol. The largest absolute Gasteiger partial charge is 0.480 e. The van der Waals surface area contributed by atoms with Gasteiger partial charge in [0.25, 0.3) is 0 Å².